The smallest absolute Gasteiger partial charge is 0.251 e. The van der Waals surface area contributed by atoms with Crippen molar-refractivity contribution in [2.45, 2.75) is 18.2 Å². The molecule has 150 valence electrons. The maximum Gasteiger partial charge on any atom is 0.251 e. The number of amides is 2. The van der Waals surface area contributed by atoms with E-state index in [1.165, 1.54) is 31.4 Å². The number of carbonyl (C=O) groups is 2. The van der Waals surface area contributed by atoms with Crippen molar-refractivity contribution in [3.63, 3.8) is 0 Å². The molecule has 0 unspecified atom stereocenters. The van der Waals surface area contributed by atoms with Gasteiger partial charge in [0.1, 0.15) is 0 Å². The molecule has 2 amide bonds. The third-order valence-electron chi connectivity index (χ3n) is 4.11. The highest BCUT2D eigenvalue weighted by Gasteiger charge is 2.15. The second-order valence-corrected chi connectivity index (χ2v) is 8.19. The van der Waals surface area contributed by atoms with Crippen molar-refractivity contribution in [2.75, 3.05) is 31.3 Å². The molecule has 0 radical (unpaired) electrons. The van der Waals surface area contributed by atoms with Crippen LogP contribution in [-0.4, -0.2) is 46.2 Å². The number of anilines is 1. The summed E-state index contributed by atoms with van der Waals surface area (Å²) in [6, 6.07) is 13.0. The molecule has 2 rings (SSSR count). The first-order chi connectivity index (χ1) is 13.4. The Hall–Kier alpha value is -2.71. The molecule has 2 aromatic carbocycles. The Labute approximate surface area is 165 Å². The fourth-order valence-electron chi connectivity index (χ4n) is 2.53. The van der Waals surface area contributed by atoms with E-state index in [0.29, 0.717) is 0 Å². The lowest BCUT2D eigenvalue weighted by Gasteiger charge is -2.10. The number of para-hydroxylation sites is 1. The van der Waals surface area contributed by atoms with E-state index in [-0.39, 0.29) is 35.3 Å². The van der Waals surface area contributed by atoms with Crippen molar-refractivity contribution in [1.29, 1.82) is 0 Å². The number of aryl methyl sites for hydroxylation is 1. The van der Waals surface area contributed by atoms with Crippen molar-refractivity contribution < 1.29 is 22.7 Å². The average molecular weight is 404 g/mol. The lowest BCUT2D eigenvalue weighted by Crippen LogP contribution is -2.33. The molecule has 0 bridgehead atoms. The first-order valence-corrected chi connectivity index (χ1v) is 10.5. The number of rotatable bonds is 9. The minimum Gasteiger partial charge on any atom is -0.384 e. The largest absolute Gasteiger partial charge is 0.384 e. The number of ether oxygens (including phenoxy) is 1. The Morgan fingerprint density at radius 3 is 2.36 bits per heavy atom. The standard InChI is InChI=1S/C20H24N2O5S/c1-3-15-6-4-5-7-18(15)22-19(23)14-21-20(24)16-8-10-17(11-9-16)28(25,26)13-12-27-2/h4-11H,3,12-14H2,1-2H3,(H,21,24)(H,22,23). The van der Waals surface area contributed by atoms with Gasteiger partial charge in [-0.25, -0.2) is 8.42 Å². The Morgan fingerprint density at radius 1 is 1.04 bits per heavy atom. The highest BCUT2D eigenvalue weighted by atomic mass is 32.2. The molecule has 0 aromatic heterocycles. The molecule has 8 heteroatoms. The number of methoxy groups -OCH3 is 1. The predicted octanol–water partition coefficient (Wildman–Crippen LogP) is 2.04. The van der Waals surface area contributed by atoms with Gasteiger partial charge >= 0.3 is 0 Å². The monoisotopic (exact) mass is 404 g/mol. The van der Waals surface area contributed by atoms with Crippen LogP contribution in [0.2, 0.25) is 0 Å². The molecule has 0 aliphatic rings. The summed E-state index contributed by atoms with van der Waals surface area (Å²) < 4.78 is 29.0. The second kappa shape index (κ2) is 10.0. The van der Waals surface area contributed by atoms with Crippen LogP contribution in [-0.2, 0) is 25.8 Å². The minimum absolute atomic E-state index is 0.0981. The third-order valence-corrected chi connectivity index (χ3v) is 5.81. The summed E-state index contributed by atoms with van der Waals surface area (Å²) >= 11 is 0. The Kier molecular flexibility index (Phi) is 7.71. The summed E-state index contributed by atoms with van der Waals surface area (Å²) in [4.78, 5) is 24.4. The van der Waals surface area contributed by atoms with Gasteiger partial charge in [-0.15, -0.1) is 0 Å². The van der Waals surface area contributed by atoms with Crippen LogP contribution in [0.3, 0.4) is 0 Å². The first kappa shape index (κ1) is 21.6. The first-order valence-electron chi connectivity index (χ1n) is 8.85. The van der Waals surface area contributed by atoms with Crippen molar-refractivity contribution >= 4 is 27.3 Å². The SMILES string of the molecule is CCc1ccccc1NC(=O)CNC(=O)c1ccc(S(=O)(=O)CCOC)cc1. The van der Waals surface area contributed by atoms with E-state index >= 15 is 0 Å². The molecule has 28 heavy (non-hydrogen) atoms. The van der Waals surface area contributed by atoms with Crippen LogP contribution in [0.5, 0.6) is 0 Å². The molecule has 2 N–H and O–H groups in total. The van der Waals surface area contributed by atoms with Gasteiger partial charge in [0.2, 0.25) is 5.91 Å². The van der Waals surface area contributed by atoms with Crippen molar-refractivity contribution in [1.82, 2.24) is 5.32 Å². The van der Waals surface area contributed by atoms with Crippen molar-refractivity contribution in [2.24, 2.45) is 0 Å². The Bertz CT molecular complexity index is 924. The van der Waals surface area contributed by atoms with Crippen LogP contribution < -0.4 is 10.6 Å². The summed E-state index contributed by atoms with van der Waals surface area (Å²) in [5.74, 6) is -0.929. The van der Waals surface area contributed by atoms with E-state index in [1.807, 2.05) is 25.1 Å². The number of nitrogens with one attached hydrogen (secondary N) is 2. The maximum absolute atomic E-state index is 12.2. The van der Waals surface area contributed by atoms with Crippen LogP contribution in [0, 0.1) is 0 Å². The van der Waals surface area contributed by atoms with Crippen LogP contribution >= 0.6 is 0 Å². The van der Waals surface area contributed by atoms with Gasteiger partial charge in [0.15, 0.2) is 9.84 Å². The van der Waals surface area contributed by atoms with Gasteiger partial charge in [0, 0.05) is 18.4 Å². The van der Waals surface area contributed by atoms with Gasteiger partial charge < -0.3 is 15.4 Å². The Morgan fingerprint density at radius 2 is 1.71 bits per heavy atom. The zero-order chi connectivity index (χ0) is 20.6. The summed E-state index contributed by atoms with van der Waals surface area (Å²) in [6.45, 7) is 1.90. The molecule has 0 fully saturated rings. The third kappa shape index (κ3) is 5.90. The van der Waals surface area contributed by atoms with Crippen LogP contribution in [0.1, 0.15) is 22.8 Å². The van der Waals surface area contributed by atoms with E-state index in [4.69, 9.17) is 4.74 Å². The van der Waals surface area contributed by atoms with Crippen molar-refractivity contribution in [3.8, 4) is 0 Å². The zero-order valence-corrected chi connectivity index (χ0v) is 16.7. The molecule has 0 saturated heterocycles. The number of hydrogen-bond acceptors (Lipinski definition) is 5. The van der Waals surface area contributed by atoms with E-state index in [1.54, 1.807) is 6.07 Å². The summed E-state index contributed by atoms with van der Waals surface area (Å²) in [5, 5.41) is 5.30. The number of sulfone groups is 1. The molecule has 0 aliphatic heterocycles. The quantitative estimate of drug-likeness (QED) is 0.666. The fourth-order valence-corrected chi connectivity index (χ4v) is 3.70. The van der Waals surface area contributed by atoms with Gasteiger partial charge in [0.05, 0.1) is 23.8 Å². The van der Waals surface area contributed by atoms with Crippen LogP contribution in [0.25, 0.3) is 0 Å². The highest BCUT2D eigenvalue weighted by molar-refractivity contribution is 7.91. The van der Waals surface area contributed by atoms with Crippen LogP contribution in [0.4, 0.5) is 5.69 Å². The predicted molar refractivity (Wildman–Crippen MR) is 107 cm³/mol. The summed E-state index contributed by atoms with van der Waals surface area (Å²) in [7, 11) is -2.02. The molecule has 0 saturated carbocycles. The molecular weight excluding hydrogens is 380 g/mol. The lowest BCUT2D eigenvalue weighted by atomic mass is 10.1. The van der Waals surface area contributed by atoms with Crippen molar-refractivity contribution in [3.05, 3.63) is 59.7 Å². The van der Waals surface area contributed by atoms with Gasteiger partial charge in [-0.3, -0.25) is 9.59 Å². The molecule has 0 heterocycles. The number of benzene rings is 2. The fraction of sp³-hybridized carbons (Fsp3) is 0.300. The lowest BCUT2D eigenvalue weighted by molar-refractivity contribution is -0.115. The second-order valence-electron chi connectivity index (χ2n) is 6.08. The van der Waals surface area contributed by atoms with Gasteiger partial charge in [-0.1, -0.05) is 25.1 Å². The molecular formula is C20H24N2O5S. The van der Waals surface area contributed by atoms with Gasteiger partial charge in [-0.05, 0) is 42.3 Å². The maximum atomic E-state index is 12.2. The average Bonchev–Trinajstić information content (AvgIpc) is 2.71. The molecule has 0 aliphatic carbocycles. The normalized spacial score (nSPS) is 11.1. The van der Waals surface area contributed by atoms with Gasteiger partial charge in [-0.2, -0.15) is 0 Å². The van der Waals surface area contributed by atoms with Crippen LogP contribution in [0.15, 0.2) is 53.4 Å². The van der Waals surface area contributed by atoms with E-state index in [9.17, 15) is 18.0 Å². The number of hydrogen-bond donors (Lipinski definition) is 2. The topological polar surface area (TPSA) is 102 Å². The van der Waals surface area contributed by atoms with E-state index in [0.717, 1.165) is 17.7 Å². The Balaban J connectivity index is 1.93. The minimum atomic E-state index is -3.45. The molecule has 0 atom stereocenters. The molecule has 0 spiro atoms. The summed E-state index contributed by atoms with van der Waals surface area (Å²) in [6.07, 6.45) is 0.780. The van der Waals surface area contributed by atoms with Gasteiger partial charge in [0.25, 0.3) is 5.91 Å². The molecule has 2 aromatic rings. The summed E-state index contributed by atoms with van der Waals surface area (Å²) in [5.41, 5.74) is 2.00. The van der Waals surface area contributed by atoms with E-state index < -0.39 is 15.7 Å². The number of carbonyl (C=O) groups excluding carboxylic acids is 2. The highest BCUT2D eigenvalue weighted by Crippen LogP contribution is 2.15. The van der Waals surface area contributed by atoms with E-state index in [2.05, 4.69) is 10.6 Å². The zero-order valence-electron chi connectivity index (χ0n) is 15.9. The molecule has 7 nitrogen and oxygen atoms in total.